The molecule has 148 valence electrons. The zero-order chi connectivity index (χ0) is 19.3. The van der Waals surface area contributed by atoms with Crippen molar-refractivity contribution in [2.45, 2.75) is 25.6 Å². The molecule has 1 aromatic heterocycles. The van der Waals surface area contributed by atoms with E-state index in [0.29, 0.717) is 6.04 Å². The summed E-state index contributed by atoms with van der Waals surface area (Å²) in [6, 6.07) is 14.9. The van der Waals surface area contributed by atoms with Crippen molar-refractivity contribution in [3.05, 3.63) is 53.6 Å². The van der Waals surface area contributed by atoms with Crippen LogP contribution < -0.4 is 4.74 Å². The summed E-state index contributed by atoms with van der Waals surface area (Å²) in [7, 11) is 1.70. The van der Waals surface area contributed by atoms with Gasteiger partial charge in [0, 0.05) is 45.4 Å². The maximum Gasteiger partial charge on any atom is 0.119 e. The van der Waals surface area contributed by atoms with E-state index in [4.69, 9.17) is 4.74 Å². The highest BCUT2D eigenvalue weighted by Crippen LogP contribution is 2.21. The van der Waals surface area contributed by atoms with Gasteiger partial charge in [-0.2, -0.15) is 8.75 Å². The average molecular weight is 399 g/mol. The van der Waals surface area contributed by atoms with Crippen LogP contribution >= 0.6 is 11.7 Å². The fourth-order valence-electron chi connectivity index (χ4n) is 3.92. The summed E-state index contributed by atoms with van der Waals surface area (Å²) < 4.78 is 14.0. The van der Waals surface area contributed by atoms with Gasteiger partial charge in [-0.15, -0.1) is 0 Å². The molecule has 0 aliphatic carbocycles. The number of rotatable bonds is 7. The highest BCUT2D eigenvalue weighted by atomic mass is 32.1. The zero-order valence-electron chi connectivity index (χ0n) is 16.1. The minimum atomic E-state index is 0.212. The number of ether oxygens (including phenoxy) is 1. The van der Waals surface area contributed by atoms with Crippen LogP contribution in [-0.2, 0) is 13.1 Å². The predicted octanol–water partition coefficient (Wildman–Crippen LogP) is 2.77. The third-order valence-corrected chi connectivity index (χ3v) is 5.95. The normalized spacial score (nSPS) is 18.6. The highest BCUT2D eigenvalue weighted by Gasteiger charge is 2.26. The van der Waals surface area contributed by atoms with Gasteiger partial charge >= 0.3 is 0 Å². The molecule has 3 aromatic rings. The number of aliphatic hydroxyl groups excluding tert-OH is 1. The largest absolute Gasteiger partial charge is 0.497 e. The minimum Gasteiger partial charge on any atom is -0.497 e. The molecule has 4 rings (SSSR count). The van der Waals surface area contributed by atoms with E-state index in [-0.39, 0.29) is 6.61 Å². The molecular formula is C21H26N4O2S. The first-order valence-electron chi connectivity index (χ1n) is 9.66. The number of fused-ring (bicyclic) bond motifs is 1. The highest BCUT2D eigenvalue weighted by molar-refractivity contribution is 7.00. The minimum absolute atomic E-state index is 0.212. The maximum atomic E-state index is 9.58. The van der Waals surface area contributed by atoms with Gasteiger partial charge in [-0.3, -0.25) is 9.80 Å². The fourth-order valence-corrected chi connectivity index (χ4v) is 4.44. The molecule has 7 heteroatoms. The van der Waals surface area contributed by atoms with Crippen molar-refractivity contribution in [1.29, 1.82) is 0 Å². The molecule has 2 heterocycles. The van der Waals surface area contributed by atoms with E-state index >= 15 is 0 Å². The van der Waals surface area contributed by atoms with Gasteiger partial charge in [0.15, 0.2) is 0 Å². The third-order valence-electron chi connectivity index (χ3n) is 5.40. The van der Waals surface area contributed by atoms with Gasteiger partial charge in [0.25, 0.3) is 0 Å². The van der Waals surface area contributed by atoms with Crippen molar-refractivity contribution in [3.8, 4) is 5.75 Å². The topological polar surface area (TPSA) is 61.7 Å². The van der Waals surface area contributed by atoms with Gasteiger partial charge in [-0.05, 0) is 41.8 Å². The Morgan fingerprint density at radius 2 is 1.93 bits per heavy atom. The summed E-state index contributed by atoms with van der Waals surface area (Å²) in [6.45, 7) is 4.96. The first-order valence-corrected chi connectivity index (χ1v) is 10.4. The number of methoxy groups -OCH3 is 1. The Morgan fingerprint density at radius 3 is 2.79 bits per heavy atom. The Balaban J connectivity index is 1.41. The number of piperazine rings is 1. The number of hydrogen-bond donors (Lipinski definition) is 1. The lowest BCUT2D eigenvalue weighted by molar-refractivity contribution is 0.0499. The number of nitrogens with zero attached hydrogens (tertiary/aromatic N) is 4. The van der Waals surface area contributed by atoms with E-state index < -0.39 is 0 Å². The Labute approximate surface area is 169 Å². The SMILES string of the molecule is COc1cccc(CN2CCN(Cc3ccc4nsnc4c3)C[C@@H]2CCO)c1. The molecule has 28 heavy (non-hydrogen) atoms. The van der Waals surface area contributed by atoms with E-state index in [0.717, 1.165) is 55.9 Å². The molecule has 0 radical (unpaired) electrons. The summed E-state index contributed by atoms with van der Waals surface area (Å²) in [5, 5.41) is 9.58. The van der Waals surface area contributed by atoms with Gasteiger partial charge in [-0.1, -0.05) is 18.2 Å². The Morgan fingerprint density at radius 1 is 1.07 bits per heavy atom. The van der Waals surface area contributed by atoms with Crippen LogP contribution in [0, 0.1) is 0 Å². The molecule has 0 saturated carbocycles. The zero-order valence-corrected chi connectivity index (χ0v) is 16.9. The average Bonchev–Trinajstić information content (AvgIpc) is 3.18. The number of benzene rings is 2. The van der Waals surface area contributed by atoms with E-state index in [1.165, 1.54) is 22.9 Å². The van der Waals surface area contributed by atoms with Crippen LogP contribution in [-0.4, -0.2) is 63.0 Å². The Bertz CT molecular complexity index is 916. The van der Waals surface area contributed by atoms with E-state index in [1.54, 1.807) is 7.11 Å². The third kappa shape index (κ3) is 4.50. The van der Waals surface area contributed by atoms with Crippen LogP contribution in [0.1, 0.15) is 17.5 Å². The molecule has 1 fully saturated rings. The second kappa shape index (κ2) is 8.96. The molecular weight excluding hydrogens is 372 g/mol. The lowest BCUT2D eigenvalue weighted by Gasteiger charge is -2.41. The molecule has 0 unspecified atom stereocenters. The molecule has 1 aliphatic rings. The van der Waals surface area contributed by atoms with Crippen LogP contribution in [0.5, 0.6) is 5.75 Å². The lowest BCUT2D eigenvalue weighted by atomic mass is 10.1. The van der Waals surface area contributed by atoms with E-state index in [2.05, 4.69) is 48.9 Å². The number of hydrogen-bond acceptors (Lipinski definition) is 7. The van der Waals surface area contributed by atoms with Gasteiger partial charge in [0.05, 0.1) is 18.8 Å². The predicted molar refractivity (Wildman–Crippen MR) is 112 cm³/mol. The molecule has 1 N–H and O–H groups in total. The molecule has 1 aliphatic heterocycles. The quantitative estimate of drug-likeness (QED) is 0.660. The van der Waals surface area contributed by atoms with Crippen LogP contribution in [0.2, 0.25) is 0 Å². The van der Waals surface area contributed by atoms with Gasteiger partial charge in [0.2, 0.25) is 0 Å². The molecule has 0 spiro atoms. The van der Waals surface area contributed by atoms with Gasteiger partial charge < -0.3 is 9.84 Å². The van der Waals surface area contributed by atoms with Gasteiger partial charge in [0.1, 0.15) is 16.8 Å². The first kappa shape index (κ1) is 19.3. The van der Waals surface area contributed by atoms with Crippen molar-refractivity contribution < 1.29 is 9.84 Å². The molecule has 6 nitrogen and oxygen atoms in total. The first-order chi connectivity index (χ1) is 13.7. The standard InChI is InChI=1S/C21H26N4O2S/c1-27-19-4-2-3-16(11-19)14-25-9-8-24(15-18(25)7-10-26)13-17-5-6-20-21(12-17)23-28-22-20/h2-6,11-12,18,26H,7-10,13-15H2,1H3/t18-/m0/s1. The van der Waals surface area contributed by atoms with E-state index in [1.807, 2.05) is 12.1 Å². The van der Waals surface area contributed by atoms with Gasteiger partial charge in [-0.25, -0.2) is 0 Å². The van der Waals surface area contributed by atoms with Crippen molar-refractivity contribution in [3.63, 3.8) is 0 Å². The lowest BCUT2D eigenvalue weighted by Crippen LogP contribution is -2.52. The molecule has 2 aromatic carbocycles. The second-order valence-corrected chi connectivity index (χ2v) is 7.84. The molecule has 0 amide bonds. The Hall–Kier alpha value is -2.06. The van der Waals surface area contributed by atoms with Crippen LogP contribution in [0.15, 0.2) is 42.5 Å². The monoisotopic (exact) mass is 398 g/mol. The van der Waals surface area contributed by atoms with Crippen LogP contribution in [0.4, 0.5) is 0 Å². The van der Waals surface area contributed by atoms with Crippen molar-refractivity contribution in [2.75, 3.05) is 33.4 Å². The van der Waals surface area contributed by atoms with Crippen molar-refractivity contribution in [1.82, 2.24) is 18.5 Å². The smallest absolute Gasteiger partial charge is 0.119 e. The van der Waals surface area contributed by atoms with Crippen LogP contribution in [0.3, 0.4) is 0 Å². The Kier molecular flexibility index (Phi) is 6.17. The summed E-state index contributed by atoms with van der Waals surface area (Å²) in [5.41, 5.74) is 4.46. The van der Waals surface area contributed by atoms with Crippen molar-refractivity contribution >= 4 is 22.8 Å². The second-order valence-electron chi connectivity index (χ2n) is 7.31. The van der Waals surface area contributed by atoms with Crippen molar-refractivity contribution in [2.24, 2.45) is 0 Å². The maximum absolute atomic E-state index is 9.58. The summed E-state index contributed by atoms with van der Waals surface area (Å²) >= 11 is 1.26. The number of aliphatic hydroxyl groups is 1. The summed E-state index contributed by atoms with van der Waals surface area (Å²) in [6.07, 6.45) is 0.787. The number of aromatic nitrogens is 2. The fraction of sp³-hybridized carbons (Fsp3) is 0.429. The van der Waals surface area contributed by atoms with E-state index in [9.17, 15) is 5.11 Å². The molecule has 1 saturated heterocycles. The summed E-state index contributed by atoms with van der Waals surface area (Å²) in [4.78, 5) is 4.96. The molecule has 1 atom stereocenters. The summed E-state index contributed by atoms with van der Waals surface area (Å²) in [5.74, 6) is 0.891. The van der Waals surface area contributed by atoms with Crippen LogP contribution in [0.25, 0.3) is 11.0 Å². The molecule has 0 bridgehead atoms.